The van der Waals surface area contributed by atoms with Crippen molar-refractivity contribution in [3.63, 3.8) is 0 Å². The average molecular weight is 137 g/mol. The maximum Gasteiger partial charge on any atom is 0.0984 e. The molecule has 0 aliphatic carbocycles. The van der Waals surface area contributed by atoms with Gasteiger partial charge in [0.2, 0.25) is 0 Å². The van der Waals surface area contributed by atoms with Crippen LogP contribution in [0, 0.1) is 18.8 Å². The van der Waals surface area contributed by atoms with Gasteiger partial charge in [0.25, 0.3) is 0 Å². The molecule has 0 nitrogen and oxygen atoms in total. The second-order valence-corrected chi connectivity index (χ2v) is 2.53. The van der Waals surface area contributed by atoms with Crippen LogP contribution >= 0.6 is 0 Å². The zero-order chi connectivity index (χ0) is 7.66. The molecule has 0 atom stereocenters. The minimum Gasteiger partial charge on any atom is -0.120 e. The number of hydrogen-bond donors (Lipinski definition) is 0. The topological polar surface area (TPSA) is 0 Å². The molecule has 56 valence electrons. The highest BCUT2D eigenvalue weighted by Gasteiger charge is 1.95. The van der Waals surface area contributed by atoms with Crippen molar-refractivity contribution in [2.24, 2.45) is 0 Å². The molecule has 0 fully saturated rings. The number of rotatable bonds is 6. The van der Waals surface area contributed by atoms with Crippen LogP contribution in [0.4, 0.5) is 0 Å². The molecule has 0 bridgehead atoms. The van der Waals surface area contributed by atoms with Crippen molar-refractivity contribution in [1.29, 1.82) is 0 Å². The van der Waals surface area contributed by atoms with E-state index in [0.717, 1.165) is 12.8 Å². The molecule has 0 heterocycles. The molecule has 0 saturated heterocycles. The SMILES string of the molecule is C#CCC[CH+]CCCCC. The summed E-state index contributed by atoms with van der Waals surface area (Å²) in [5, 5.41) is 0. The molecule has 0 saturated carbocycles. The number of terminal acetylenes is 1. The Morgan fingerprint density at radius 3 is 2.70 bits per heavy atom. The fourth-order valence-electron chi connectivity index (χ4n) is 0.868. The van der Waals surface area contributed by atoms with E-state index in [9.17, 15) is 0 Å². The van der Waals surface area contributed by atoms with E-state index >= 15 is 0 Å². The first kappa shape index (κ1) is 9.43. The summed E-state index contributed by atoms with van der Waals surface area (Å²) in [5.74, 6) is 2.63. The summed E-state index contributed by atoms with van der Waals surface area (Å²) >= 11 is 0. The molecule has 0 aromatic heterocycles. The Hall–Kier alpha value is -0.570. The van der Waals surface area contributed by atoms with E-state index < -0.39 is 0 Å². The number of unbranched alkanes of at least 4 members (excludes halogenated alkanes) is 6. The third kappa shape index (κ3) is 7.43. The standard InChI is InChI=1S/C10H17/c1-3-5-7-9-10-8-6-4-2/h1,9H,4-8,10H2,2H3/q+1. The van der Waals surface area contributed by atoms with Gasteiger partial charge in [0, 0.05) is 6.42 Å². The fraction of sp³-hybridized carbons (Fsp3) is 0.700. The molecule has 0 amide bonds. The molecule has 0 unspecified atom stereocenters. The summed E-state index contributed by atoms with van der Waals surface area (Å²) in [6, 6.07) is 0. The zero-order valence-electron chi connectivity index (χ0n) is 6.90. The highest BCUT2D eigenvalue weighted by atomic mass is 13.9. The molecule has 10 heavy (non-hydrogen) atoms. The lowest BCUT2D eigenvalue weighted by atomic mass is 10.1. The molecule has 0 aromatic rings. The zero-order valence-corrected chi connectivity index (χ0v) is 6.90. The Kier molecular flexibility index (Phi) is 7.95. The average Bonchev–Trinajstić information content (AvgIpc) is 1.97. The van der Waals surface area contributed by atoms with E-state index in [1.54, 1.807) is 0 Å². The van der Waals surface area contributed by atoms with Gasteiger partial charge in [-0.05, 0) is 12.8 Å². The molecule has 0 heteroatoms. The monoisotopic (exact) mass is 137 g/mol. The fourth-order valence-corrected chi connectivity index (χ4v) is 0.868. The molecule has 0 N–H and O–H groups in total. The summed E-state index contributed by atoms with van der Waals surface area (Å²) in [4.78, 5) is 0. The largest absolute Gasteiger partial charge is 0.120 e. The molecular formula is C10H17+. The predicted molar refractivity (Wildman–Crippen MR) is 46.5 cm³/mol. The van der Waals surface area contributed by atoms with Crippen LogP contribution in [-0.4, -0.2) is 0 Å². The lowest BCUT2D eigenvalue weighted by Crippen LogP contribution is -1.78. The van der Waals surface area contributed by atoms with Crippen molar-refractivity contribution >= 4 is 0 Å². The van der Waals surface area contributed by atoms with Crippen LogP contribution in [0.1, 0.15) is 45.4 Å². The van der Waals surface area contributed by atoms with Crippen molar-refractivity contribution in [3.05, 3.63) is 6.42 Å². The van der Waals surface area contributed by atoms with Gasteiger partial charge in [-0.1, -0.05) is 13.3 Å². The van der Waals surface area contributed by atoms with Crippen molar-refractivity contribution in [1.82, 2.24) is 0 Å². The second kappa shape index (κ2) is 8.43. The first-order valence-corrected chi connectivity index (χ1v) is 4.17. The Morgan fingerprint density at radius 2 is 2.10 bits per heavy atom. The summed E-state index contributed by atoms with van der Waals surface area (Å²) in [7, 11) is 0. The van der Waals surface area contributed by atoms with Crippen molar-refractivity contribution in [2.75, 3.05) is 0 Å². The van der Waals surface area contributed by atoms with Crippen LogP contribution in [-0.2, 0) is 0 Å². The highest BCUT2D eigenvalue weighted by molar-refractivity contribution is 4.85. The molecule has 0 spiro atoms. The minimum atomic E-state index is 0.909. The van der Waals surface area contributed by atoms with Gasteiger partial charge in [0.05, 0.1) is 19.3 Å². The lowest BCUT2D eigenvalue weighted by Gasteiger charge is -1.88. The summed E-state index contributed by atoms with van der Waals surface area (Å²) in [6.45, 7) is 2.22. The van der Waals surface area contributed by atoms with Gasteiger partial charge in [0.15, 0.2) is 0 Å². The Morgan fingerprint density at radius 1 is 1.30 bits per heavy atom. The summed E-state index contributed by atoms with van der Waals surface area (Å²) in [5.41, 5.74) is 0. The van der Waals surface area contributed by atoms with Gasteiger partial charge < -0.3 is 0 Å². The molecule has 0 aromatic carbocycles. The van der Waals surface area contributed by atoms with Crippen LogP contribution < -0.4 is 0 Å². The molecule has 0 aliphatic heterocycles. The smallest absolute Gasteiger partial charge is 0.0984 e. The molecule has 0 radical (unpaired) electrons. The number of hydrogen-bond acceptors (Lipinski definition) is 0. The van der Waals surface area contributed by atoms with Crippen LogP contribution in [0.3, 0.4) is 0 Å². The van der Waals surface area contributed by atoms with Crippen LogP contribution in [0.25, 0.3) is 0 Å². The Balaban J connectivity index is 2.72. The first-order chi connectivity index (χ1) is 4.91. The van der Waals surface area contributed by atoms with E-state index in [2.05, 4.69) is 19.3 Å². The van der Waals surface area contributed by atoms with Gasteiger partial charge in [-0.2, -0.15) is 0 Å². The summed E-state index contributed by atoms with van der Waals surface area (Å²) in [6.07, 6.45) is 14.6. The molecular weight excluding hydrogens is 120 g/mol. The van der Waals surface area contributed by atoms with E-state index in [0.29, 0.717) is 0 Å². The van der Waals surface area contributed by atoms with Crippen LogP contribution in [0.5, 0.6) is 0 Å². The van der Waals surface area contributed by atoms with Crippen molar-refractivity contribution in [3.8, 4) is 12.3 Å². The highest BCUT2D eigenvalue weighted by Crippen LogP contribution is 2.04. The van der Waals surface area contributed by atoms with Gasteiger partial charge in [-0.25, -0.2) is 0 Å². The van der Waals surface area contributed by atoms with E-state index in [4.69, 9.17) is 6.42 Å². The van der Waals surface area contributed by atoms with Crippen LogP contribution in [0.15, 0.2) is 0 Å². The van der Waals surface area contributed by atoms with E-state index in [-0.39, 0.29) is 0 Å². The van der Waals surface area contributed by atoms with Crippen molar-refractivity contribution in [2.45, 2.75) is 45.4 Å². The Labute approximate surface area is 65.0 Å². The lowest BCUT2D eigenvalue weighted by molar-refractivity contribution is 0.694. The summed E-state index contributed by atoms with van der Waals surface area (Å²) < 4.78 is 0. The van der Waals surface area contributed by atoms with E-state index in [1.165, 1.54) is 25.7 Å². The van der Waals surface area contributed by atoms with Gasteiger partial charge >= 0.3 is 0 Å². The predicted octanol–water partition coefficient (Wildman–Crippen LogP) is 3.18. The van der Waals surface area contributed by atoms with Gasteiger partial charge in [-0.15, -0.1) is 12.3 Å². The third-order valence-corrected chi connectivity index (χ3v) is 1.50. The molecule has 0 aliphatic rings. The van der Waals surface area contributed by atoms with Crippen LogP contribution in [0.2, 0.25) is 0 Å². The van der Waals surface area contributed by atoms with Gasteiger partial charge in [0.1, 0.15) is 0 Å². The quantitative estimate of drug-likeness (QED) is 0.299. The normalized spacial score (nSPS) is 8.80. The van der Waals surface area contributed by atoms with Crippen molar-refractivity contribution < 1.29 is 0 Å². The second-order valence-electron chi connectivity index (χ2n) is 2.53. The molecule has 0 rings (SSSR count). The van der Waals surface area contributed by atoms with Gasteiger partial charge in [-0.3, -0.25) is 0 Å². The minimum absolute atomic E-state index is 0.909. The third-order valence-electron chi connectivity index (χ3n) is 1.50. The maximum absolute atomic E-state index is 5.10. The van der Waals surface area contributed by atoms with E-state index in [1.807, 2.05) is 0 Å². The Bertz CT molecular complexity index is 86.7. The first-order valence-electron chi connectivity index (χ1n) is 4.17. The maximum atomic E-state index is 5.10.